The van der Waals surface area contributed by atoms with Gasteiger partial charge in [0.25, 0.3) is 0 Å². The Morgan fingerprint density at radius 3 is 1.84 bits per heavy atom. The van der Waals surface area contributed by atoms with E-state index in [0.29, 0.717) is 6.54 Å². The number of benzene rings is 2. The van der Waals surface area contributed by atoms with E-state index in [0.717, 1.165) is 51.4 Å². The van der Waals surface area contributed by atoms with Gasteiger partial charge >= 0.3 is 5.82 Å². The maximum atomic E-state index is 11.4. The molecule has 38 heavy (non-hydrogen) atoms. The van der Waals surface area contributed by atoms with E-state index in [1.54, 1.807) is 0 Å². The van der Waals surface area contributed by atoms with E-state index in [2.05, 4.69) is 87.8 Å². The van der Waals surface area contributed by atoms with Gasteiger partial charge in [-0.25, -0.2) is 0 Å². The molecule has 4 aliphatic rings. The van der Waals surface area contributed by atoms with Crippen molar-refractivity contribution >= 4 is 53.8 Å². The molecule has 4 heterocycles. The Kier molecular flexibility index (Phi) is 6.50. The van der Waals surface area contributed by atoms with Crippen LogP contribution in [-0.2, 0) is 4.79 Å². The van der Waals surface area contributed by atoms with Gasteiger partial charge in [0, 0.05) is 56.4 Å². The van der Waals surface area contributed by atoms with Gasteiger partial charge < -0.3 is 19.7 Å². The summed E-state index contributed by atoms with van der Waals surface area (Å²) in [4.78, 5) is 16.4. The first-order valence-corrected chi connectivity index (χ1v) is 17.3. The van der Waals surface area contributed by atoms with Gasteiger partial charge in [-0.05, 0) is 58.6 Å². The predicted molar refractivity (Wildman–Crippen MR) is 156 cm³/mol. The molecule has 6 rings (SSSR count). The first-order valence-electron chi connectivity index (χ1n) is 14.3. The van der Waals surface area contributed by atoms with Gasteiger partial charge in [0.1, 0.15) is 13.6 Å². The number of hydrogen-bond donors (Lipinski definition) is 0. The van der Waals surface area contributed by atoms with Crippen LogP contribution < -0.4 is 25.3 Å². The zero-order chi connectivity index (χ0) is 26.4. The van der Waals surface area contributed by atoms with Crippen LogP contribution in [0.4, 0.5) is 11.4 Å². The molecule has 6 nitrogen and oxygen atoms in total. The van der Waals surface area contributed by atoms with E-state index in [4.69, 9.17) is 0 Å². The summed E-state index contributed by atoms with van der Waals surface area (Å²) >= 11 is 0. The average molecular weight is 528 g/mol. The second-order valence-corrected chi connectivity index (χ2v) is 16.0. The number of carbonyl (C=O) groups excluding carboxylic acids is 1. The van der Waals surface area contributed by atoms with Crippen molar-refractivity contribution in [3.8, 4) is 0 Å². The predicted octanol–water partition coefficient (Wildman–Crippen LogP) is 2.08. The summed E-state index contributed by atoms with van der Waals surface area (Å²) in [7, 11) is -2.01. The molecule has 2 fully saturated rings. The van der Waals surface area contributed by atoms with Crippen molar-refractivity contribution in [2.75, 3.05) is 49.1 Å². The molecule has 7 heteroatoms. The number of carboxylic acid groups (broad SMARTS) is 1. The monoisotopic (exact) mass is 527 g/mol. The molecule has 0 spiro atoms. The maximum Gasteiger partial charge on any atom is 0.452 e. The van der Waals surface area contributed by atoms with Crippen molar-refractivity contribution < 1.29 is 19.1 Å². The highest BCUT2D eigenvalue weighted by Crippen LogP contribution is 2.37. The molecular formula is C31H39N4O2Si+. The van der Waals surface area contributed by atoms with E-state index in [-0.39, 0.29) is 6.42 Å². The number of hydrogen-bond acceptors (Lipinski definition) is 4. The Morgan fingerprint density at radius 1 is 0.868 bits per heavy atom. The largest absolute Gasteiger partial charge is 0.550 e. The van der Waals surface area contributed by atoms with Crippen LogP contribution in [0.15, 0.2) is 42.2 Å². The number of aliphatic carboxylic acids is 1. The van der Waals surface area contributed by atoms with Gasteiger partial charge in [-0.1, -0.05) is 38.6 Å². The van der Waals surface area contributed by atoms with Crippen molar-refractivity contribution in [3.05, 3.63) is 53.3 Å². The van der Waals surface area contributed by atoms with E-state index < -0.39 is 14.0 Å². The third-order valence-electron chi connectivity index (χ3n) is 8.84. The minimum absolute atomic E-state index is 0.00446. The third kappa shape index (κ3) is 4.21. The van der Waals surface area contributed by atoms with Gasteiger partial charge in [0.15, 0.2) is 13.1 Å². The van der Waals surface area contributed by atoms with Gasteiger partial charge in [-0.15, -0.1) is 9.15 Å². The molecule has 4 aliphatic heterocycles. The molecule has 2 saturated heterocycles. The molecule has 0 radical (unpaired) electrons. The van der Waals surface area contributed by atoms with Gasteiger partial charge in [0.2, 0.25) is 12.4 Å². The molecule has 2 aromatic rings. The first-order chi connectivity index (χ1) is 18.4. The normalized spacial score (nSPS) is 19.3. The summed E-state index contributed by atoms with van der Waals surface area (Å²) < 4.78 is 4.48. The average Bonchev–Trinajstić information content (AvgIpc) is 3.22. The number of carboxylic acids is 1. The Hall–Kier alpha value is -3.19. The van der Waals surface area contributed by atoms with Crippen LogP contribution in [0.1, 0.15) is 50.2 Å². The van der Waals surface area contributed by atoms with Crippen LogP contribution in [0.5, 0.6) is 0 Å². The van der Waals surface area contributed by atoms with Crippen molar-refractivity contribution in [1.29, 1.82) is 0 Å². The fraction of sp³-hybridized carbons (Fsp3) is 0.452. The van der Waals surface area contributed by atoms with Crippen LogP contribution in [0.2, 0.25) is 13.1 Å². The molecule has 0 amide bonds. The molecule has 0 bridgehead atoms. The lowest BCUT2D eigenvalue weighted by Crippen LogP contribution is -2.58. The second-order valence-electron chi connectivity index (χ2n) is 11.6. The number of carbonyl (C=O) groups is 1. The Morgan fingerprint density at radius 2 is 1.39 bits per heavy atom. The SMILES string of the molecule is CCCC[N+]1=CC=[N+](CCC(=O)[O-])C1=C1c2ccc(N3CCC3)cc2[Si](C)(C)c2cc(N3CCC3)ccc21. The zero-order valence-electron chi connectivity index (χ0n) is 23.0. The van der Waals surface area contributed by atoms with Gasteiger partial charge in [-0.3, -0.25) is 0 Å². The van der Waals surface area contributed by atoms with Crippen LogP contribution in [0.3, 0.4) is 0 Å². The highest BCUT2D eigenvalue weighted by Gasteiger charge is 2.45. The summed E-state index contributed by atoms with van der Waals surface area (Å²) in [6, 6.07) is 14.2. The van der Waals surface area contributed by atoms with Crippen molar-refractivity contribution in [2.45, 2.75) is 52.1 Å². The summed E-state index contributed by atoms with van der Waals surface area (Å²) in [6.07, 6.45) is 8.91. The molecule has 198 valence electrons. The van der Waals surface area contributed by atoms with Crippen molar-refractivity contribution in [3.63, 3.8) is 0 Å². The summed E-state index contributed by atoms with van der Waals surface area (Å²) in [5, 5.41) is 14.4. The van der Waals surface area contributed by atoms with E-state index in [1.807, 2.05) is 0 Å². The third-order valence-corrected chi connectivity index (χ3v) is 12.4. The van der Waals surface area contributed by atoms with E-state index in [9.17, 15) is 9.90 Å². The van der Waals surface area contributed by atoms with Crippen molar-refractivity contribution in [1.82, 2.24) is 0 Å². The summed E-state index contributed by atoms with van der Waals surface area (Å²) in [6.45, 7) is 13.1. The maximum absolute atomic E-state index is 11.4. The number of nitrogens with zero attached hydrogens (tertiary/aromatic N) is 4. The Bertz CT molecular complexity index is 1310. The molecule has 0 unspecified atom stereocenters. The molecule has 0 atom stereocenters. The lowest BCUT2D eigenvalue weighted by Gasteiger charge is -2.39. The van der Waals surface area contributed by atoms with Gasteiger partial charge in [0.05, 0.1) is 0 Å². The number of unbranched alkanes of at least 4 members (excludes halogenated alkanes) is 1. The highest BCUT2D eigenvalue weighted by atomic mass is 28.3. The zero-order valence-corrected chi connectivity index (χ0v) is 24.0. The topological polar surface area (TPSA) is 52.6 Å². The number of rotatable bonds is 8. The first kappa shape index (κ1) is 25.1. The van der Waals surface area contributed by atoms with Crippen molar-refractivity contribution in [2.24, 2.45) is 0 Å². The molecule has 0 N–H and O–H groups in total. The van der Waals surface area contributed by atoms with E-state index >= 15 is 0 Å². The fourth-order valence-electron chi connectivity index (χ4n) is 6.26. The smallest absolute Gasteiger partial charge is 0.452 e. The van der Waals surface area contributed by atoms with Crippen LogP contribution in [-0.4, -0.2) is 74.9 Å². The minimum Gasteiger partial charge on any atom is -0.550 e. The second kappa shape index (κ2) is 9.84. The molecule has 2 aromatic carbocycles. The highest BCUT2D eigenvalue weighted by molar-refractivity contribution is 7.02. The Balaban J connectivity index is 1.58. The van der Waals surface area contributed by atoms with E-state index in [1.165, 1.54) is 51.3 Å². The molecule has 0 saturated carbocycles. The quantitative estimate of drug-likeness (QED) is 0.390. The lowest BCUT2D eigenvalue weighted by atomic mass is 9.94. The summed E-state index contributed by atoms with van der Waals surface area (Å²) in [5.41, 5.74) is 6.54. The minimum atomic E-state index is -2.01. The molecular weight excluding hydrogens is 488 g/mol. The fourth-order valence-corrected chi connectivity index (χ4v) is 9.33. The standard InChI is InChI=1S/C31H39N4O2Si/c1-4-5-13-34-19-20-35(18-12-29(36)37)31(34)30-25-10-8-23(32-14-6-15-32)21-27(25)38(2,3)28-22-24(9-11-26(28)30)33-16-7-17-33/h8-11,19-22H,4-7,12-18H2,1-3H3/q+1. The molecule has 0 aromatic heterocycles. The number of anilines is 2. The van der Waals surface area contributed by atoms with Crippen LogP contribution >= 0.6 is 0 Å². The van der Waals surface area contributed by atoms with Gasteiger partial charge in [-0.2, -0.15) is 0 Å². The summed E-state index contributed by atoms with van der Waals surface area (Å²) in [5.74, 6) is 0.103. The van der Waals surface area contributed by atoms with Crippen LogP contribution in [0.25, 0.3) is 5.57 Å². The van der Waals surface area contributed by atoms with Crippen LogP contribution in [0, 0.1) is 0 Å². The lowest BCUT2D eigenvalue weighted by molar-refractivity contribution is -0.638. The Labute approximate surface area is 227 Å². The molecule has 0 aliphatic carbocycles. The number of fused-ring (bicyclic) bond motifs is 2.